The zero-order valence-corrected chi connectivity index (χ0v) is 10.5. The van der Waals surface area contributed by atoms with Gasteiger partial charge in [-0.25, -0.2) is 0 Å². The first-order valence-corrected chi connectivity index (χ1v) is 6.57. The lowest BCUT2D eigenvalue weighted by Crippen LogP contribution is -2.43. The molecule has 1 heterocycles. The molecule has 1 saturated heterocycles. The minimum atomic E-state index is -2.49. The molecule has 3 nitrogen and oxygen atoms in total. The Kier molecular flexibility index (Phi) is 4.54. The van der Waals surface area contributed by atoms with Crippen molar-refractivity contribution in [3.8, 4) is 0 Å². The van der Waals surface area contributed by atoms with Crippen molar-refractivity contribution in [1.29, 1.82) is 0 Å². The van der Waals surface area contributed by atoms with Gasteiger partial charge in [0.2, 0.25) is 5.91 Å². The van der Waals surface area contributed by atoms with E-state index in [1.807, 2.05) is 0 Å². The first-order chi connectivity index (χ1) is 8.65. The van der Waals surface area contributed by atoms with Gasteiger partial charge in [0.05, 0.1) is 5.69 Å². The Labute approximate surface area is 108 Å². The van der Waals surface area contributed by atoms with E-state index in [2.05, 4.69) is 10.6 Å². The third kappa shape index (κ3) is 3.68. The maximum Gasteiger partial charge on any atom is 0.288 e. The van der Waals surface area contributed by atoms with Crippen molar-refractivity contribution < 1.29 is 13.6 Å². The summed E-state index contributed by atoms with van der Waals surface area (Å²) in [5.41, 5.74) is 0.458. The van der Waals surface area contributed by atoms with Crippen LogP contribution in [0.15, 0.2) is 29.2 Å². The molecule has 6 heteroatoms. The SMILES string of the molecule is O=C(CC1CNC1)Nc1ccccc1SC(F)F. The molecule has 0 radical (unpaired) electrons. The second kappa shape index (κ2) is 6.15. The normalized spacial score (nSPS) is 15.5. The molecule has 1 fully saturated rings. The quantitative estimate of drug-likeness (QED) is 0.809. The first kappa shape index (κ1) is 13.3. The van der Waals surface area contributed by atoms with E-state index >= 15 is 0 Å². The minimum absolute atomic E-state index is 0.121. The van der Waals surface area contributed by atoms with Crippen molar-refractivity contribution >= 4 is 23.4 Å². The Bertz CT molecular complexity index is 424. The van der Waals surface area contributed by atoms with Gasteiger partial charge in [0.15, 0.2) is 0 Å². The molecule has 0 atom stereocenters. The summed E-state index contributed by atoms with van der Waals surface area (Å²) in [4.78, 5) is 12.1. The lowest BCUT2D eigenvalue weighted by molar-refractivity contribution is -0.117. The highest BCUT2D eigenvalue weighted by Crippen LogP contribution is 2.31. The maximum absolute atomic E-state index is 12.4. The molecule has 18 heavy (non-hydrogen) atoms. The number of alkyl halides is 2. The van der Waals surface area contributed by atoms with Crippen LogP contribution in [0.25, 0.3) is 0 Å². The fourth-order valence-electron chi connectivity index (χ4n) is 1.72. The largest absolute Gasteiger partial charge is 0.325 e. The van der Waals surface area contributed by atoms with Gasteiger partial charge in [-0.3, -0.25) is 4.79 Å². The van der Waals surface area contributed by atoms with Crippen molar-refractivity contribution in [3.63, 3.8) is 0 Å². The van der Waals surface area contributed by atoms with Crippen LogP contribution in [0.1, 0.15) is 6.42 Å². The first-order valence-electron chi connectivity index (χ1n) is 5.69. The molecule has 2 rings (SSSR count). The zero-order chi connectivity index (χ0) is 13.0. The third-order valence-corrected chi connectivity index (χ3v) is 3.51. The highest BCUT2D eigenvalue weighted by atomic mass is 32.2. The standard InChI is InChI=1S/C12H14F2N2OS/c13-12(14)18-10-4-2-1-3-9(10)16-11(17)5-8-6-15-7-8/h1-4,8,12,15H,5-7H2,(H,16,17). The predicted molar refractivity (Wildman–Crippen MR) is 67.9 cm³/mol. The van der Waals surface area contributed by atoms with Gasteiger partial charge in [0.1, 0.15) is 0 Å². The van der Waals surface area contributed by atoms with Crippen LogP contribution < -0.4 is 10.6 Å². The van der Waals surface area contributed by atoms with Gasteiger partial charge in [0.25, 0.3) is 5.76 Å². The van der Waals surface area contributed by atoms with Gasteiger partial charge in [0, 0.05) is 11.3 Å². The number of carbonyl (C=O) groups is 1. The van der Waals surface area contributed by atoms with Crippen LogP contribution in [0.4, 0.5) is 14.5 Å². The highest BCUT2D eigenvalue weighted by molar-refractivity contribution is 7.99. The van der Waals surface area contributed by atoms with Crippen molar-refractivity contribution in [2.24, 2.45) is 5.92 Å². The number of hydrogen-bond acceptors (Lipinski definition) is 3. The monoisotopic (exact) mass is 272 g/mol. The Morgan fingerprint density at radius 2 is 2.17 bits per heavy atom. The lowest BCUT2D eigenvalue weighted by atomic mass is 9.99. The minimum Gasteiger partial charge on any atom is -0.325 e. The number of amides is 1. The molecule has 0 bridgehead atoms. The molecule has 0 unspecified atom stereocenters. The molecule has 0 aromatic heterocycles. The van der Waals surface area contributed by atoms with E-state index in [1.54, 1.807) is 24.3 Å². The Morgan fingerprint density at radius 3 is 2.78 bits per heavy atom. The summed E-state index contributed by atoms with van der Waals surface area (Å²) in [6, 6.07) is 6.62. The van der Waals surface area contributed by atoms with Crippen LogP contribution in [0.3, 0.4) is 0 Å². The van der Waals surface area contributed by atoms with E-state index < -0.39 is 5.76 Å². The van der Waals surface area contributed by atoms with Crippen LogP contribution in [-0.2, 0) is 4.79 Å². The fourth-order valence-corrected chi connectivity index (χ4v) is 2.32. The van der Waals surface area contributed by atoms with Crippen LogP contribution in [0.5, 0.6) is 0 Å². The van der Waals surface area contributed by atoms with Crippen LogP contribution >= 0.6 is 11.8 Å². The lowest BCUT2D eigenvalue weighted by Gasteiger charge is -2.26. The van der Waals surface area contributed by atoms with Crippen molar-refractivity contribution in [2.75, 3.05) is 18.4 Å². The molecule has 1 aliphatic heterocycles. The van der Waals surface area contributed by atoms with Gasteiger partial charge >= 0.3 is 0 Å². The van der Waals surface area contributed by atoms with E-state index in [4.69, 9.17) is 0 Å². The number of carbonyl (C=O) groups excluding carboxylic acids is 1. The molecular weight excluding hydrogens is 258 g/mol. The summed E-state index contributed by atoms with van der Waals surface area (Å²) in [6.45, 7) is 1.70. The highest BCUT2D eigenvalue weighted by Gasteiger charge is 2.20. The van der Waals surface area contributed by atoms with Crippen molar-refractivity contribution in [1.82, 2.24) is 5.32 Å². The summed E-state index contributed by atoms with van der Waals surface area (Å²) < 4.78 is 24.7. The van der Waals surface area contributed by atoms with Crippen molar-refractivity contribution in [3.05, 3.63) is 24.3 Å². The number of nitrogens with one attached hydrogen (secondary N) is 2. The summed E-state index contributed by atoms with van der Waals surface area (Å²) in [6.07, 6.45) is 0.431. The number of thioether (sulfide) groups is 1. The summed E-state index contributed by atoms with van der Waals surface area (Å²) in [5, 5.41) is 5.78. The molecule has 1 amide bonds. The number of halogens is 2. The third-order valence-electron chi connectivity index (χ3n) is 2.72. The number of rotatable bonds is 5. The topological polar surface area (TPSA) is 41.1 Å². The molecule has 1 aliphatic rings. The number of hydrogen-bond donors (Lipinski definition) is 2. The molecular formula is C12H14F2N2OS. The second-order valence-corrected chi connectivity index (χ2v) is 5.18. The molecule has 0 spiro atoms. The molecule has 98 valence electrons. The van der Waals surface area contributed by atoms with Crippen LogP contribution in [0, 0.1) is 5.92 Å². The summed E-state index contributed by atoms with van der Waals surface area (Å²) in [7, 11) is 0. The maximum atomic E-state index is 12.4. The average Bonchev–Trinajstić information content (AvgIpc) is 2.26. The van der Waals surface area contributed by atoms with Crippen LogP contribution in [0.2, 0.25) is 0 Å². The molecule has 0 aliphatic carbocycles. The molecule has 1 aromatic carbocycles. The van der Waals surface area contributed by atoms with E-state index in [0.717, 1.165) is 13.1 Å². The van der Waals surface area contributed by atoms with E-state index in [9.17, 15) is 13.6 Å². The summed E-state index contributed by atoms with van der Waals surface area (Å²) >= 11 is 0.445. The smallest absolute Gasteiger partial charge is 0.288 e. The van der Waals surface area contributed by atoms with Gasteiger partial charge in [-0.2, -0.15) is 8.78 Å². The Balaban J connectivity index is 1.96. The molecule has 1 aromatic rings. The fraction of sp³-hybridized carbons (Fsp3) is 0.417. The second-order valence-electron chi connectivity index (χ2n) is 4.15. The van der Waals surface area contributed by atoms with Gasteiger partial charge in [-0.1, -0.05) is 23.9 Å². The Hall–Kier alpha value is -1.14. The van der Waals surface area contributed by atoms with E-state index in [-0.39, 0.29) is 5.91 Å². The van der Waals surface area contributed by atoms with Gasteiger partial charge in [-0.05, 0) is 31.1 Å². The van der Waals surface area contributed by atoms with Gasteiger partial charge < -0.3 is 10.6 Å². The van der Waals surface area contributed by atoms with Crippen LogP contribution in [-0.4, -0.2) is 24.8 Å². The van der Waals surface area contributed by atoms with E-state index in [1.165, 1.54) is 0 Å². The van der Waals surface area contributed by atoms with Gasteiger partial charge in [-0.15, -0.1) is 0 Å². The Morgan fingerprint density at radius 1 is 1.44 bits per heavy atom. The average molecular weight is 272 g/mol. The molecule has 0 saturated carbocycles. The van der Waals surface area contributed by atoms with Crippen molar-refractivity contribution in [2.45, 2.75) is 17.1 Å². The van der Waals surface area contributed by atoms with E-state index in [0.29, 0.717) is 34.7 Å². The number of benzene rings is 1. The molecule has 2 N–H and O–H groups in total. The zero-order valence-electron chi connectivity index (χ0n) is 9.66. The summed E-state index contributed by atoms with van der Waals surface area (Å²) in [5.74, 6) is -2.25. The predicted octanol–water partition coefficient (Wildman–Crippen LogP) is 2.55. The number of para-hydroxylation sites is 1. The number of anilines is 1.